The molecule has 0 aromatic heterocycles. The fourth-order valence-corrected chi connectivity index (χ4v) is 3.15. The number of rotatable bonds is 10. The second-order valence-electron chi connectivity index (χ2n) is 6.96. The summed E-state index contributed by atoms with van der Waals surface area (Å²) in [5, 5.41) is 9.13. The van der Waals surface area contributed by atoms with Gasteiger partial charge in [0.25, 0.3) is 0 Å². The van der Waals surface area contributed by atoms with Crippen LogP contribution in [0.2, 0.25) is 0 Å². The Bertz CT molecular complexity index is 604. The van der Waals surface area contributed by atoms with Gasteiger partial charge in [-0.15, -0.1) is 24.0 Å². The van der Waals surface area contributed by atoms with Crippen LogP contribution in [0.25, 0.3) is 0 Å². The Morgan fingerprint density at radius 3 is 2.48 bits per heavy atom. The SMILES string of the molecule is CN=C(NCCCOC1CCCCC1)NCC(=O)NCc1ccc(OC)cc1.I. The lowest BCUT2D eigenvalue weighted by atomic mass is 9.98. The lowest BCUT2D eigenvalue weighted by Crippen LogP contribution is -2.43. The standard InChI is InChI=1S/C21H34N4O3.HI/c1-22-21(23-13-6-14-28-19-7-4-3-5-8-19)25-16-20(26)24-15-17-9-11-18(27-2)12-10-17;/h9-12,19H,3-8,13-16H2,1-2H3,(H,24,26)(H2,22,23,25);1H. The Labute approximate surface area is 191 Å². The first kappa shape index (κ1) is 25.5. The molecular formula is C21H35IN4O3. The summed E-state index contributed by atoms with van der Waals surface area (Å²) in [6.07, 6.45) is 7.68. The van der Waals surface area contributed by atoms with E-state index < -0.39 is 0 Å². The van der Waals surface area contributed by atoms with Gasteiger partial charge in [-0.25, -0.2) is 0 Å². The van der Waals surface area contributed by atoms with Crippen LogP contribution in [-0.4, -0.2) is 51.8 Å². The van der Waals surface area contributed by atoms with E-state index in [1.807, 2.05) is 24.3 Å². The highest BCUT2D eigenvalue weighted by molar-refractivity contribution is 14.0. The van der Waals surface area contributed by atoms with E-state index in [4.69, 9.17) is 9.47 Å². The minimum Gasteiger partial charge on any atom is -0.497 e. The molecule has 0 aliphatic heterocycles. The maximum Gasteiger partial charge on any atom is 0.239 e. The summed E-state index contributed by atoms with van der Waals surface area (Å²) < 4.78 is 11.0. The first-order chi connectivity index (χ1) is 13.7. The molecule has 3 N–H and O–H groups in total. The van der Waals surface area contributed by atoms with Gasteiger partial charge < -0.3 is 25.4 Å². The van der Waals surface area contributed by atoms with Gasteiger partial charge in [-0.2, -0.15) is 0 Å². The van der Waals surface area contributed by atoms with Gasteiger partial charge >= 0.3 is 0 Å². The van der Waals surface area contributed by atoms with E-state index in [2.05, 4.69) is 20.9 Å². The summed E-state index contributed by atoms with van der Waals surface area (Å²) in [7, 11) is 3.33. The molecule has 0 bridgehead atoms. The minimum absolute atomic E-state index is 0. The Kier molecular flexibility index (Phi) is 13.5. The van der Waals surface area contributed by atoms with Crippen LogP contribution in [0.4, 0.5) is 0 Å². The molecule has 0 radical (unpaired) electrons. The highest BCUT2D eigenvalue weighted by Crippen LogP contribution is 2.20. The normalized spacial score (nSPS) is 14.6. The summed E-state index contributed by atoms with van der Waals surface area (Å²) >= 11 is 0. The number of nitrogens with one attached hydrogen (secondary N) is 3. The second kappa shape index (κ2) is 15.3. The average molecular weight is 518 g/mol. The van der Waals surface area contributed by atoms with E-state index >= 15 is 0 Å². The number of nitrogens with zero attached hydrogens (tertiary/aromatic N) is 1. The first-order valence-corrected chi connectivity index (χ1v) is 10.2. The largest absolute Gasteiger partial charge is 0.497 e. The summed E-state index contributed by atoms with van der Waals surface area (Å²) in [6, 6.07) is 7.62. The van der Waals surface area contributed by atoms with E-state index in [0.717, 1.165) is 30.9 Å². The van der Waals surface area contributed by atoms with Crippen molar-refractivity contribution in [1.29, 1.82) is 0 Å². The van der Waals surface area contributed by atoms with Gasteiger partial charge in [-0.1, -0.05) is 31.4 Å². The van der Waals surface area contributed by atoms with Crippen molar-refractivity contribution in [1.82, 2.24) is 16.0 Å². The highest BCUT2D eigenvalue weighted by Gasteiger charge is 2.13. The van der Waals surface area contributed by atoms with Crippen LogP contribution in [0.15, 0.2) is 29.3 Å². The molecule has 7 nitrogen and oxygen atoms in total. The second-order valence-corrected chi connectivity index (χ2v) is 6.96. The van der Waals surface area contributed by atoms with Crippen LogP contribution in [-0.2, 0) is 16.1 Å². The van der Waals surface area contributed by atoms with Crippen molar-refractivity contribution in [3.05, 3.63) is 29.8 Å². The fourth-order valence-electron chi connectivity index (χ4n) is 3.15. The summed E-state index contributed by atoms with van der Waals surface area (Å²) in [5.41, 5.74) is 1.02. The predicted molar refractivity (Wildman–Crippen MR) is 127 cm³/mol. The van der Waals surface area contributed by atoms with Gasteiger partial charge in [0.05, 0.1) is 19.8 Å². The molecule has 2 rings (SSSR count). The zero-order valence-electron chi connectivity index (χ0n) is 17.5. The van der Waals surface area contributed by atoms with Gasteiger partial charge in [0, 0.05) is 26.7 Å². The van der Waals surface area contributed by atoms with Crippen molar-refractivity contribution in [3.8, 4) is 5.75 Å². The predicted octanol–water partition coefficient (Wildman–Crippen LogP) is 2.83. The third kappa shape index (κ3) is 10.7. The molecule has 29 heavy (non-hydrogen) atoms. The summed E-state index contributed by atoms with van der Waals surface area (Å²) in [4.78, 5) is 16.2. The molecule has 0 spiro atoms. The molecular weight excluding hydrogens is 483 g/mol. The number of ether oxygens (including phenoxy) is 2. The van der Waals surface area contributed by atoms with Crippen molar-refractivity contribution in [2.45, 2.75) is 51.2 Å². The quantitative estimate of drug-likeness (QED) is 0.192. The minimum atomic E-state index is -0.0839. The molecule has 0 heterocycles. The first-order valence-electron chi connectivity index (χ1n) is 10.2. The zero-order valence-corrected chi connectivity index (χ0v) is 19.9. The summed E-state index contributed by atoms with van der Waals surface area (Å²) in [6.45, 7) is 2.18. The van der Waals surface area contributed by atoms with E-state index in [1.54, 1.807) is 14.2 Å². The molecule has 8 heteroatoms. The lowest BCUT2D eigenvalue weighted by molar-refractivity contribution is -0.120. The van der Waals surface area contributed by atoms with Crippen LogP contribution in [0, 0.1) is 0 Å². The molecule has 1 saturated carbocycles. The Balaban J connectivity index is 0.00000420. The number of guanidine groups is 1. The lowest BCUT2D eigenvalue weighted by Gasteiger charge is -2.22. The number of methoxy groups -OCH3 is 1. The molecule has 1 amide bonds. The number of hydrogen-bond donors (Lipinski definition) is 3. The molecule has 1 aromatic carbocycles. The van der Waals surface area contributed by atoms with E-state index in [1.165, 1.54) is 32.1 Å². The van der Waals surface area contributed by atoms with Crippen molar-refractivity contribution < 1.29 is 14.3 Å². The molecule has 1 aliphatic rings. The molecule has 0 unspecified atom stereocenters. The van der Waals surface area contributed by atoms with Crippen molar-refractivity contribution >= 4 is 35.8 Å². The monoisotopic (exact) mass is 518 g/mol. The maximum atomic E-state index is 12.0. The number of amides is 1. The summed E-state index contributed by atoms with van der Waals surface area (Å²) in [5.74, 6) is 1.34. The molecule has 0 saturated heterocycles. The number of benzene rings is 1. The Morgan fingerprint density at radius 1 is 1.10 bits per heavy atom. The third-order valence-corrected chi connectivity index (χ3v) is 4.81. The van der Waals surface area contributed by atoms with Crippen LogP contribution in [0.3, 0.4) is 0 Å². The van der Waals surface area contributed by atoms with E-state index in [0.29, 0.717) is 18.6 Å². The Hall–Kier alpha value is -1.55. The smallest absolute Gasteiger partial charge is 0.239 e. The molecule has 0 atom stereocenters. The van der Waals surface area contributed by atoms with E-state index in [9.17, 15) is 4.79 Å². The third-order valence-electron chi connectivity index (χ3n) is 4.81. The number of carbonyl (C=O) groups excluding carboxylic acids is 1. The van der Waals surface area contributed by atoms with E-state index in [-0.39, 0.29) is 36.4 Å². The average Bonchev–Trinajstić information content (AvgIpc) is 2.75. The number of aliphatic imine (C=N–C) groups is 1. The van der Waals surface area contributed by atoms with Crippen LogP contribution in [0.1, 0.15) is 44.1 Å². The van der Waals surface area contributed by atoms with Gasteiger partial charge in [-0.3, -0.25) is 9.79 Å². The van der Waals surface area contributed by atoms with Gasteiger partial charge in [0.1, 0.15) is 5.75 Å². The van der Waals surface area contributed by atoms with Crippen LogP contribution in [0.5, 0.6) is 5.75 Å². The Morgan fingerprint density at radius 2 is 1.83 bits per heavy atom. The number of hydrogen-bond acceptors (Lipinski definition) is 4. The van der Waals surface area contributed by atoms with Crippen molar-refractivity contribution in [2.75, 3.05) is 33.9 Å². The molecule has 1 aromatic rings. The van der Waals surface area contributed by atoms with Crippen molar-refractivity contribution in [2.24, 2.45) is 4.99 Å². The number of halogens is 1. The van der Waals surface area contributed by atoms with Gasteiger partial charge in [0.2, 0.25) is 5.91 Å². The zero-order chi connectivity index (χ0) is 20.0. The topological polar surface area (TPSA) is 84.0 Å². The highest BCUT2D eigenvalue weighted by atomic mass is 127. The number of carbonyl (C=O) groups is 1. The van der Waals surface area contributed by atoms with Crippen LogP contribution < -0.4 is 20.7 Å². The van der Waals surface area contributed by atoms with Gasteiger partial charge in [-0.05, 0) is 37.0 Å². The molecule has 1 aliphatic carbocycles. The van der Waals surface area contributed by atoms with Crippen LogP contribution >= 0.6 is 24.0 Å². The fraction of sp³-hybridized carbons (Fsp3) is 0.619. The molecule has 1 fully saturated rings. The van der Waals surface area contributed by atoms with Crippen molar-refractivity contribution in [3.63, 3.8) is 0 Å². The molecule has 164 valence electrons. The maximum absolute atomic E-state index is 12.0. The van der Waals surface area contributed by atoms with Gasteiger partial charge in [0.15, 0.2) is 5.96 Å².